The van der Waals surface area contributed by atoms with Crippen LogP contribution in [0.25, 0.3) is 0 Å². The Hall–Kier alpha value is -0.480. The first kappa shape index (κ1) is 12.0. The van der Waals surface area contributed by atoms with Gasteiger partial charge in [0, 0.05) is 26.6 Å². The van der Waals surface area contributed by atoms with Crippen LogP contribution in [0.15, 0.2) is 46.7 Å². The molecule has 1 aromatic carbocycles. The molecular formula is C12H12ClNS2. The van der Waals surface area contributed by atoms with Gasteiger partial charge in [-0.1, -0.05) is 23.7 Å². The largest absolute Gasteiger partial charge is 0.323 e. The fraction of sp³-hybridized carbons (Fsp3) is 0.167. The van der Waals surface area contributed by atoms with Crippen molar-refractivity contribution in [3.63, 3.8) is 0 Å². The second-order valence-electron chi connectivity index (χ2n) is 3.39. The molecule has 1 atom stereocenters. The summed E-state index contributed by atoms with van der Waals surface area (Å²) in [6, 6.07) is 12.1. The third-order valence-corrected chi connectivity index (χ3v) is 4.49. The lowest BCUT2D eigenvalue weighted by molar-refractivity contribution is 0.852. The zero-order valence-electron chi connectivity index (χ0n) is 8.60. The highest BCUT2D eigenvalue weighted by atomic mass is 35.5. The summed E-state index contributed by atoms with van der Waals surface area (Å²) in [5.74, 6) is 0.876. The molecule has 1 heterocycles. The van der Waals surface area contributed by atoms with Crippen LogP contribution >= 0.6 is 34.7 Å². The molecule has 2 N–H and O–H groups in total. The Morgan fingerprint density at radius 3 is 2.88 bits per heavy atom. The van der Waals surface area contributed by atoms with E-state index in [2.05, 4.69) is 17.5 Å². The van der Waals surface area contributed by atoms with Crippen LogP contribution in [-0.2, 0) is 0 Å². The summed E-state index contributed by atoms with van der Waals surface area (Å²) in [6.07, 6.45) is 0. The van der Waals surface area contributed by atoms with E-state index in [9.17, 15) is 0 Å². The number of thiophene rings is 1. The minimum atomic E-state index is 0.101. The quantitative estimate of drug-likeness (QED) is 0.842. The number of halogens is 1. The van der Waals surface area contributed by atoms with Gasteiger partial charge in [-0.2, -0.15) is 0 Å². The summed E-state index contributed by atoms with van der Waals surface area (Å²) in [5.41, 5.74) is 6.08. The molecule has 0 bridgehead atoms. The highest BCUT2D eigenvalue weighted by Crippen LogP contribution is 2.27. The molecule has 1 aromatic heterocycles. The van der Waals surface area contributed by atoms with Gasteiger partial charge in [0.15, 0.2) is 0 Å². The summed E-state index contributed by atoms with van der Waals surface area (Å²) in [4.78, 5) is 2.40. The molecule has 0 saturated carbocycles. The Morgan fingerprint density at radius 1 is 1.31 bits per heavy atom. The minimum Gasteiger partial charge on any atom is -0.323 e. The molecule has 0 aliphatic heterocycles. The van der Waals surface area contributed by atoms with Crippen LogP contribution in [0.2, 0.25) is 5.02 Å². The topological polar surface area (TPSA) is 26.0 Å². The molecule has 0 spiro atoms. The van der Waals surface area contributed by atoms with E-state index in [1.54, 1.807) is 23.1 Å². The lowest BCUT2D eigenvalue weighted by atomic mass is 10.3. The maximum absolute atomic E-state index is 6.08. The molecule has 0 aliphatic rings. The second kappa shape index (κ2) is 5.73. The predicted octanol–water partition coefficient (Wildman–Crippen LogP) is 4.19. The van der Waals surface area contributed by atoms with Gasteiger partial charge in [0.2, 0.25) is 0 Å². The summed E-state index contributed by atoms with van der Waals surface area (Å²) in [7, 11) is 0. The van der Waals surface area contributed by atoms with Crippen LogP contribution in [0.3, 0.4) is 0 Å². The van der Waals surface area contributed by atoms with E-state index >= 15 is 0 Å². The predicted molar refractivity (Wildman–Crippen MR) is 73.4 cm³/mol. The molecule has 84 valence electrons. The van der Waals surface area contributed by atoms with Crippen molar-refractivity contribution in [2.24, 2.45) is 5.73 Å². The van der Waals surface area contributed by atoms with Gasteiger partial charge in [-0.15, -0.1) is 23.1 Å². The number of rotatable bonds is 4. The van der Waals surface area contributed by atoms with Crippen LogP contribution in [0.1, 0.15) is 10.9 Å². The van der Waals surface area contributed by atoms with E-state index in [1.165, 1.54) is 9.77 Å². The molecule has 2 rings (SSSR count). The van der Waals surface area contributed by atoms with Crippen LogP contribution < -0.4 is 5.73 Å². The van der Waals surface area contributed by atoms with E-state index < -0.39 is 0 Å². The number of benzene rings is 1. The van der Waals surface area contributed by atoms with Crippen molar-refractivity contribution in [2.75, 3.05) is 5.75 Å². The van der Waals surface area contributed by atoms with Crippen LogP contribution in [-0.4, -0.2) is 5.75 Å². The number of thioether (sulfide) groups is 1. The van der Waals surface area contributed by atoms with Crippen molar-refractivity contribution in [2.45, 2.75) is 10.9 Å². The van der Waals surface area contributed by atoms with Gasteiger partial charge in [0.25, 0.3) is 0 Å². The van der Waals surface area contributed by atoms with Crippen molar-refractivity contribution in [1.29, 1.82) is 0 Å². The van der Waals surface area contributed by atoms with E-state index in [0.717, 1.165) is 10.8 Å². The maximum atomic E-state index is 6.08. The molecule has 1 nitrogen and oxygen atoms in total. The van der Waals surface area contributed by atoms with Crippen molar-refractivity contribution in [1.82, 2.24) is 0 Å². The van der Waals surface area contributed by atoms with Crippen LogP contribution in [0.5, 0.6) is 0 Å². The molecule has 0 aliphatic carbocycles. The van der Waals surface area contributed by atoms with Crippen molar-refractivity contribution in [3.8, 4) is 0 Å². The third kappa shape index (κ3) is 3.25. The molecular weight excluding hydrogens is 258 g/mol. The summed E-state index contributed by atoms with van der Waals surface area (Å²) in [6.45, 7) is 0. The van der Waals surface area contributed by atoms with Crippen LogP contribution in [0, 0.1) is 0 Å². The first-order valence-electron chi connectivity index (χ1n) is 4.93. The zero-order chi connectivity index (χ0) is 11.4. The molecule has 0 amide bonds. The summed E-state index contributed by atoms with van der Waals surface area (Å²) >= 11 is 9.36. The lowest BCUT2D eigenvalue weighted by Gasteiger charge is -2.08. The summed E-state index contributed by atoms with van der Waals surface area (Å²) in [5, 5.41) is 2.83. The monoisotopic (exact) mass is 269 g/mol. The second-order valence-corrected chi connectivity index (χ2v) is 5.90. The van der Waals surface area contributed by atoms with Crippen LogP contribution in [0.4, 0.5) is 0 Å². The third-order valence-electron chi connectivity index (χ3n) is 2.13. The average Bonchev–Trinajstić information content (AvgIpc) is 2.79. The molecule has 2 aromatic rings. The fourth-order valence-electron chi connectivity index (χ4n) is 1.33. The van der Waals surface area contributed by atoms with Gasteiger partial charge in [0.1, 0.15) is 0 Å². The Bertz CT molecular complexity index is 442. The van der Waals surface area contributed by atoms with E-state index in [4.69, 9.17) is 17.3 Å². The number of hydrogen-bond acceptors (Lipinski definition) is 3. The smallest absolute Gasteiger partial charge is 0.0485 e. The molecule has 0 radical (unpaired) electrons. The maximum Gasteiger partial charge on any atom is 0.0485 e. The van der Waals surface area contributed by atoms with Crippen molar-refractivity contribution < 1.29 is 0 Å². The Balaban J connectivity index is 1.92. The van der Waals surface area contributed by atoms with Gasteiger partial charge in [-0.25, -0.2) is 0 Å². The molecule has 16 heavy (non-hydrogen) atoms. The minimum absolute atomic E-state index is 0.101. The molecule has 4 heteroatoms. The standard InChI is InChI=1S/C12H12ClNS2/c13-9-3-1-4-10(7-9)16-8-11(14)12-5-2-6-15-12/h1-7,11H,8,14H2. The van der Waals surface area contributed by atoms with Crippen molar-refractivity contribution in [3.05, 3.63) is 51.7 Å². The Kier molecular flexibility index (Phi) is 4.29. The average molecular weight is 270 g/mol. The highest BCUT2D eigenvalue weighted by molar-refractivity contribution is 7.99. The first-order valence-corrected chi connectivity index (χ1v) is 7.17. The fourth-order valence-corrected chi connectivity index (χ4v) is 3.35. The van der Waals surface area contributed by atoms with Gasteiger partial charge in [-0.05, 0) is 29.6 Å². The van der Waals surface area contributed by atoms with Gasteiger partial charge >= 0.3 is 0 Å². The van der Waals surface area contributed by atoms with E-state index in [1.807, 2.05) is 24.3 Å². The Morgan fingerprint density at radius 2 is 2.19 bits per heavy atom. The highest BCUT2D eigenvalue weighted by Gasteiger charge is 2.07. The normalized spacial score (nSPS) is 12.6. The van der Waals surface area contributed by atoms with E-state index in [0.29, 0.717) is 0 Å². The van der Waals surface area contributed by atoms with Gasteiger partial charge < -0.3 is 5.73 Å². The van der Waals surface area contributed by atoms with E-state index in [-0.39, 0.29) is 6.04 Å². The SMILES string of the molecule is NC(CSc1cccc(Cl)c1)c1cccs1. The Labute approximate surface area is 109 Å². The number of hydrogen-bond donors (Lipinski definition) is 1. The van der Waals surface area contributed by atoms with Crippen molar-refractivity contribution >= 4 is 34.7 Å². The molecule has 0 saturated heterocycles. The number of nitrogens with two attached hydrogens (primary N) is 1. The summed E-state index contributed by atoms with van der Waals surface area (Å²) < 4.78 is 0. The first-order chi connectivity index (χ1) is 7.75. The lowest BCUT2D eigenvalue weighted by Crippen LogP contribution is -2.10. The molecule has 1 unspecified atom stereocenters. The zero-order valence-corrected chi connectivity index (χ0v) is 11.0. The molecule has 0 fully saturated rings. The van der Waals surface area contributed by atoms with Gasteiger partial charge in [-0.3, -0.25) is 0 Å². The van der Waals surface area contributed by atoms with Gasteiger partial charge in [0.05, 0.1) is 0 Å².